The fraction of sp³-hybridized carbons (Fsp3) is 0.263. The molecule has 4 rings (SSSR count). The molecule has 1 aliphatic heterocycles. The molecule has 1 fully saturated rings. The average molecular weight is 321 g/mol. The van der Waals surface area contributed by atoms with E-state index in [1.807, 2.05) is 36.4 Å². The van der Waals surface area contributed by atoms with E-state index in [0.717, 1.165) is 30.8 Å². The summed E-state index contributed by atoms with van der Waals surface area (Å²) in [7, 11) is 1.70. The van der Waals surface area contributed by atoms with Crippen LogP contribution in [-0.2, 0) is 0 Å². The van der Waals surface area contributed by atoms with Crippen molar-refractivity contribution in [2.75, 3.05) is 25.1 Å². The van der Waals surface area contributed by atoms with E-state index in [1.54, 1.807) is 13.2 Å². The first-order valence-corrected chi connectivity index (χ1v) is 8.13. The van der Waals surface area contributed by atoms with Crippen molar-refractivity contribution in [1.29, 1.82) is 0 Å². The molecule has 0 aliphatic carbocycles. The van der Waals surface area contributed by atoms with Gasteiger partial charge in [0.05, 0.1) is 18.0 Å². The smallest absolute Gasteiger partial charge is 0.260 e. The molecule has 0 spiro atoms. The quantitative estimate of drug-likeness (QED) is 0.806. The normalized spacial score (nSPS) is 17.4. The molecule has 24 heavy (non-hydrogen) atoms. The second-order valence-electron chi connectivity index (χ2n) is 6.08. The van der Waals surface area contributed by atoms with E-state index < -0.39 is 0 Å². The lowest BCUT2D eigenvalue weighted by atomic mass is 9.97. The third-order valence-corrected chi connectivity index (χ3v) is 4.67. The Kier molecular flexibility index (Phi) is 3.69. The van der Waals surface area contributed by atoms with Gasteiger partial charge in [0, 0.05) is 19.0 Å². The number of hydrogen-bond donors (Lipinski definition) is 1. The number of hydrogen-bond acceptors (Lipinski definition) is 4. The average Bonchev–Trinajstić information content (AvgIpc) is 3.11. The Labute approximate surface area is 139 Å². The maximum Gasteiger partial charge on any atom is 0.260 e. The molecule has 1 saturated heterocycles. The zero-order chi connectivity index (χ0) is 16.5. The lowest BCUT2D eigenvalue weighted by Gasteiger charge is -2.18. The van der Waals surface area contributed by atoms with Crippen molar-refractivity contribution in [3.63, 3.8) is 0 Å². The van der Waals surface area contributed by atoms with Crippen molar-refractivity contribution < 1.29 is 4.74 Å². The highest BCUT2D eigenvalue weighted by atomic mass is 16.5. The van der Waals surface area contributed by atoms with E-state index in [-0.39, 0.29) is 5.56 Å². The van der Waals surface area contributed by atoms with Gasteiger partial charge >= 0.3 is 0 Å². The van der Waals surface area contributed by atoms with Crippen LogP contribution in [0, 0.1) is 0 Å². The number of methoxy groups -OCH3 is 1. The molecule has 1 aromatic heterocycles. The summed E-state index contributed by atoms with van der Waals surface area (Å²) < 4.78 is 5.48. The fourth-order valence-electron chi connectivity index (χ4n) is 3.43. The van der Waals surface area contributed by atoms with E-state index in [4.69, 9.17) is 4.74 Å². The van der Waals surface area contributed by atoms with Gasteiger partial charge < -0.3 is 9.64 Å². The van der Waals surface area contributed by atoms with Gasteiger partial charge in [-0.3, -0.25) is 9.78 Å². The van der Waals surface area contributed by atoms with Crippen molar-refractivity contribution in [2.45, 2.75) is 12.3 Å². The highest BCUT2D eigenvalue weighted by Gasteiger charge is 2.27. The molecule has 0 amide bonds. The SMILES string of the molecule is COc1ccccc1C1CCN(c2nc3ccccc3c(=O)[nH]2)C1. The number of nitrogens with zero attached hydrogens (tertiary/aromatic N) is 2. The van der Waals surface area contributed by atoms with Gasteiger partial charge in [-0.15, -0.1) is 0 Å². The first kappa shape index (κ1) is 14.8. The Morgan fingerprint density at radius 2 is 1.96 bits per heavy atom. The zero-order valence-corrected chi connectivity index (χ0v) is 13.5. The largest absolute Gasteiger partial charge is 0.496 e. The van der Waals surface area contributed by atoms with Crippen molar-refractivity contribution in [1.82, 2.24) is 9.97 Å². The van der Waals surface area contributed by atoms with Crippen LogP contribution in [0.15, 0.2) is 53.3 Å². The Morgan fingerprint density at radius 3 is 2.83 bits per heavy atom. The summed E-state index contributed by atoms with van der Waals surface area (Å²) in [4.78, 5) is 22.0. The highest BCUT2D eigenvalue weighted by molar-refractivity contribution is 5.78. The van der Waals surface area contributed by atoms with Crippen LogP contribution in [-0.4, -0.2) is 30.2 Å². The molecule has 0 radical (unpaired) electrons. The molecule has 0 saturated carbocycles. The summed E-state index contributed by atoms with van der Waals surface area (Å²) in [6.45, 7) is 1.69. The van der Waals surface area contributed by atoms with E-state index in [1.165, 1.54) is 5.56 Å². The second-order valence-corrected chi connectivity index (χ2v) is 6.08. The lowest BCUT2D eigenvalue weighted by molar-refractivity contribution is 0.406. The standard InChI is InChI=1S/C19H19N3O2/c1-24-17-9-5-3-6-14(17)13-10-11-22(12-13)19-20-16-8-4-2-7-15(16)18(23)21-19/h2-9,13H,10-12H2,1H3,(H,20,21,23). The number of para-hydroxylation sites is 2. The van der Waals surface area contributed by atoms with E-state index in [0.29, 0.717) is 17.3 Å². The van der Waals surface area contributed by atoms with E-state index in [2.05, 4.69) is 20.9 Å². The molecule has 1 N–H and O–H groups in total. The molecule has 1 atom stereocenters. The van der Waals surface area contributed by atoms with Crippen LogP contribution in [0.4, 0.5) is 5.95 Å². The number of nitrogens with one attached hydrogen (secondary N) is 1. The minimum Gasteiger partial charge on any atom is -0.496 e. The van der Waals surface area contributed by atoms with Gasteiger partial charge in [-0.25, -0.2) is 4.98 Å². The van der Waals surface area contributed by atoms with Gasteiger partial charge in [0.25, 0.3) is 5.56 Å². The Bertz CT molecular complexity index is 935. The molecule has 122 valence electrons. The molecule has 1 unspecified atom stereocenters. The first-order chi connectivity index (χ1) is 11.8. The minimum absolute atomic E-state index is 0.0867. The van der Waals surface area contributed by atoms with Crippen LogP contribution in [0.5, 0.6) is 5.75 Å². The number of anilines is 1. The predicted octanol–water partition coefficient (Wildman–Crippen LogP) is 2.93. The summed E-state index contributed by atoms with van der Waals surface area (Å²) >= 11 is 0. The fourth-order valence-corrected chi connectivity index (χ4v) is 3.43. The highest BCUT2D eigenvalue weighted by Crippen LogP contribution is 2.34. The maximum absolute atomic E-state index is 12.3. The van der Waals surface area contributed by atoms with Crippen LogP contribution >= 0.6 is 0 Å². The van der Waals surface area contributed by atoms with Crippen molar-refractivity contribution in [3.05, 3.63) is 64.4 Å². The van der Waals surface area contributed by atoms with Crippen molar-refractivity contribution in [2.24, 2.45) is 0 Å². The molecule has 3 aromatic rings. The minimum atomic E-state index is -0.0867. The summed E-state index contributed by atoms with van der Waals surface area (Å²) in [6.07, 6.45) is 1.01. The van der Waals surface area contributed by atoms with Crippen LogP contribution in [0.3, 0.4) is 0 Å². The Hall–Kier alpha value is -2.82. The second kappa shape index (κ2) is 6.00. The van der Waals surface area contributed by atoms with E-state index >= 15 is 0 Å². The molecule has 0 bridgehead atoms. The maximum atomic E-state index is 12.3. The summed E-state index contributed by atoms with van der Waals surface area (Å²) in [5.41, 5.74) is 1.86. The summed E-state index contributed by atoms with van der Waals surface area (Å²) in [5.74, 6) is 1.94. The van der Waals surface area contributed by atoms with Gasteiger partial charge in [-0.2, -0.15) is 0 Å². The Morgan fingerprint density at radius 1 is 1.17 bits per heavy atom. The number of benzene rings is 2. The molecule has 5 nitrogen and oxygen atoms in total. The Balaban J connectivity index is 1.64. The molecule has 5 heteroatoms. The van der Waals surface area contributed by atoms with Crippen LogP contribution in [0.1, 0.15) is 17.9 Å². The third-order valence-electron chi connectivity index (χ3n) is 4.67. The van der Waals surface area contributed by atoms with Crippen LogP contribution in [0.25, 0.3) is 10.9 Å². The number of fused-ring (bicyclic) bond motifs is 1. The lowest BCUT2D eigenvalue weighted by Crippen LogP contribution is -2.25. The van der Waals surface area contributed by atoms with Gasteiger partial charge in [0.15, 0.2) is 0 Å². The molecular weight excluding hydrogens is 302 g/mol. The third kappa shape index (κ3) is 2.52. The molecule has 2 heterocycles. The number of aromatic nitrogens is 2. The van der Waals surface area contributed by atoms with Gasteiger partial charge in [0.2, 0.25) is 5.95 Å². The molecule has 2 aromatic carbocycles. The number of H-pyrrole nitrogens is 1. The monoisotopic (exact) mass is 321 g/mol. The molecular formula is C19H19N3O2. The summed E-state index contributed by atoms with van der Waals surface area (Å²) in [5, 5.41) is 0.627. The van der Waals surface area contributed by atoms with Crippen LogP contribution < -0.4 is 15.2 Å². The number of rotatable bonds is 3. The van der Waals surface area contributed by atoms with Crippen molar-refractivity contribution in [3.8, 4) is 5.75 Å². The topological polar surface area (TPSA) is 58.2 Å². The van der Waals surface area contributed by atoms with E-state index in [9.17, 15) is 4.79 Å². The van der Waals surface area contributed by atoms with Crippen molar-refractivity contribution >= 4 is 16.9 Å². The first-order valence-electron chi connectivity index (χ1n) is 8.13. The van der Waals surface area contributed by atoms with Gasteiger partial charge in [-0.05, 0) is 30.2 Å². The van der Waals surface area contributed by atoms with Gasteiger partial charge in [-0.1, -0.05) is 30.3 Å². The summed E-state index contributed by atoms with van der Waals surface area (Å²) in [6, 6.07) is 15.6. The van der Waals surface area contributed by atoms with Crippen LogP contribution in [0.2, 0.25) is 0 Å². The predicted molar refractivity (Wildman–Crippen MR) is 94.9 cm³/mol. The number of aromatic amines is 1. The number of ether oxygens (including phenoxy) is 1. The zero-order valence-electron chi connectivity index (χ0n) is 13.5. The van der Waals surface area contributed by atoms with Gasteiger partial charge in [0.1, 0.15) is 5.75 Å². The molecule has 1 aliphatic rings.